The molecule has 0 bridgehead atoms. The first-order valence-corrected chi connectivity index (χ1v) is 12.0. The molecule has 0 unspecified atom stereocenters. The minimum Gasteiger partial charge on any atom is -0.508 e. The van der Waals surface area contributed by atoms with Crippen molar-refractivity contribution in [1.29, 1.82) is 0 Å². The number of amides is 2. The number of rotatable bonds is 13. The Morgan fingerprint density at radius 3 is 2.24 bits per heavy atom. The molecule has 2 aromatic rings. The van der Waals surface area contributed by atoms with E-state index in [1.165, 1.54) is 5.56 Å². The summed E-state index contributed by atoms with van der Waals surface area (Å²) in [4.78, 5) is 25.5. The molecule has 0 saturated carbocycles. The second kappa shape index (κ2) is 17.2. The zero-order valence-corrected chi connectivity index (χ0v) is 20.8. The smallest absolute Gasteiger partial charge is 0.242 e. The average Bonchev–Trinajstić information content (AvgIpc) is 2.79. The van der Waals surface area contributed by atoms with Crippen LogP contribution >= 0.6 is 24.2 Å². The third kappa shape index (κ3) is 11.4. The van der Waals surface area contributed by atoms with E-state index in [9.17, 15) is 14.7 Å². The molecule has 7 nitrogen and oxygen atoms in total. The Morgan fingerprint density at radius 1 is 0.970 bits per heavy atom. The lowest BCUT2D eigenvalue weighted by molar-refractivity contribution is -0.130. The Labute approximate surface area is 206 Å². The molecule has 33 heavy (non-hydrogen) atoms. The molecule has 0 aliphatic heterocycles. The Hall–Kier alpha value is -2.26. The van der Waals surface area contributed by atoms with Crippen molar-refractivity contribution >= 4 is 36.0 Å². The topological polar surface area (TPSA) is 122 Å². The highest BCUT2D eigenvalue weighted by Crippen LogP contribution is 2.12. The van der Waals surface area contributed by atoms with Crippen LogP contribution < -0.4 is 16.0 Å². The molecule has 0 aromatic heterocycles. The molecule has 0 saturated heterocycles. The van der Waals surface area contributed by atoms with Gasteiger partial charge in [-0.25, -0.2) is 0 Å². The minimum absolute atomic E-state index is 0. The largest absolute Gasteiger partial charge is 0.508 e. The first-order valence-electron chi connectivity index (χ1n) is 10.6. The van der Waals surface area contributed by atoms with Crippen LogP contribution in [-0.2, 0) is 22.4 Å². The number of benzene rings is 2. The fourth-order valence-corrected chi connectivity index (χ4v) is 3.71. The number of likely N-dealkylation sites (N-methyl/N-ethyl adjacent to an activating group) is 1. The van der Waals surface area contributed by atoms with E-state index in [2.05, 4.69) is 28.1 Å². The van der Waals surface area contributed by atoms with Gasteiger partial charge in [0, 0.05) is 6.54 Å². The number of carbonyl (C=O) groups is 2. The molecule has 2 amide bonds. The van der Waals surface area contributed by atoms with Crippen molar-refractivity contribution in [2.24, 2.45) is 0 Å². The molecule has 9 heteroatoms. The molecule has 0 aliphatic rings. The molecule has 0 heterocycles. The first-order chi connectivity index (χ1) is 15.0. The van der Waals surface area contributed by atoms with Gasteiger partial charge >= 0.3 is 0 Å². The zero-order valence-electron chi connectivity index (χ0n) is 19.2. The number of phenols is 1. The lowest BCUT2D eigenvalue weighted by Crippen LogP contribution is -2.53. The number of thioether (sulfide) groups is 1. The molecule has 2 rings (SSSR count). The van der Waals surface area contributed by atoms with Gasteiger partial charge in [-0.05, 0) is 68.0 Å². The van der Waals surface area contributed by atoms with Crippen LogP contribution in [0.3, 0.4) is 0 Å². The van der Waals surface area contributed by atoms with Gasteiger partial charge in [-0.3, -0.25) is 9.59 Å². The molecule has 184 valence electrons. The molecule has 0 radical (unpaired) electrons. The maximum atomic E-state index is 12.8. The quantitative estimate of drug-likeness (QED) is 0.316. The lowest BCUT2D eigenvalue weighted by atomic mass is 10.0. The van der Waals surface area contributed by atoms with Gasteiger partial charge in [-0.15, -0.1) is 12.4 Å². The van der Waals surface area contributed by atoms with Gasteiger partial charge in [-0.1, -0.05) is 42.5 Å². The molecule has 6 N–H and O–H groups in total. The van der Waals surface area contributed by atoms with Crippen LogP contribution in [0.1, 0.15) is 24.0 Å². The molecule has 0 aliphatic carbocycles. The number of hydrogen-bond acceptors (Lipinski definition) is 5. The molecular weight excluding hydrogens is 462 g/mol. The number of aromatic hydroxyl groups is 1. The number of halogens is 1. The van der Waals surface area contributed by atoms with E-state index >= 15 is 0 Å². The third-order valence-electron chi connectivity index (χ3n) is 5.07. The van der Waals surface area contributed by atoms with Crippen LogP contribution in [0.25, 0.3) is 0 Å². The minimum atomic E-state index is -0.563. The molecule has 0 spiro atoms. The summed E-state index contributed by atoms with van der Waals surface area (Å²) in [6.07, 6.45) is 4.78. The van der Waals surface area contributed by atoms with E-state index in [4.69, 9.17) is 0 Å². The summed E-state index contributed by atoms with van der Waals surface area (Å²) in [5.74, 6) is 0.622. The van der Waals surface area contributed by atoms with Crippen LogP contribution in [0.4, 0.5) is 0 Å². The van der Waals surface area contributed by atoms with E-state index < -0.39 is 12.1 Å². The second-order valence-electron chi connectivity index (χ2n) is 7.43. The standard InChI is InChI=1S/C24H33N3O3S.ClH.H2O/c1-25-22(17-19-10-12-20(28)13-11-19)24(30)27-21(14-16-31-2)23(29)26-15-6-9-18-7-4-3-5-8-18;;/h3-5,7-8,10-13,21-22,25,28H,6,9,14-17H2,1-2H3,(H,26,29)(H,27,30);1H;1H2/t21-,22-;;/m0../s1. The predicted octanol–water partition coefficient (Wildman–Crippen LogP) is 2.11. The van der Waals surface area contributed by atoms with Gasteiger partial charge < -0.3 is 26.5 Å². The Kier molecular flexibility index (Phi) is 16.1. The SMILES string of the molecule is CN[C@@H](Cc1ccc(O)cc1)C(=O)N[C@@H](CCSC)C(=O)NCCCc1ccccc1.Cl.O. The molecule has 2 atom stereocenters. The van der Waals surface area contributed by atoms with Crippen molar-refractivity contribution in [3.8, 4) is 5.75 Å². The van der Waals surface area contributed by atoms with Gasteiger partial charge in [0.15, 0.2) is 0 Å². The van der Waals surface area contributed by atoms with Crippen LogP contribution in [0.5, 0.6) is 5.75 Å². The van der Waals surface area contributed by atoms with Crippen molar-refractivity contribution < 1.29 is 20.2 Å². The third-order valence-corrected chi connectivity index (χ3v) is 5.71. The fraction of sp³-hybridized carbons (Fsp3) is 0.417. The summed E-state index contributed by atoms with van der Waals surface area (Å²) in [5, 5.41) is 18.3. The van der Waals surface area contributed by atoms with E-state index in [0.717, 1.165) is 24.2 Å². The average molecular weight is 498 g/mol. The summed E-state index contributed by atoms with van der Waals surface area (Å²) < 4.78 is 0. The van der Waals surface area contributed by atoms with Gasteiger partial charge in [0.2, 0.25) is 11.8 Å². The van der Waals surface area contributed by atoms with Crippen molar-refractivity contribution in [2.75, 3.05) is 25.6 Å². The maximum absolute atomic E-state index is 12.8. The van der Waals surface area contributed by atoms with Crippen molar-refractivity contribution in [3.05, 3.63) is 65.7 Å². The number of phenolic OH excluding ortho intramolecular Hbond substituents is 1. The molecular formula is C24H36ClN3O4S. The lowest BCUT2D eigenvalue weighted by Gasteiger charge is -2.22. The van der Waals surface area contributed by atoms with E-state index in [0.29, 0.717) is 19.4 Å². The first kappa shape index (κ1) is 30.7. The van der Waals surface area contributed by atoms with E-state index in [-0.39, 0.29) is 35.4 Å². The van der Waals surface area contributed by atoms with Gasteiger partial charge in [0.1, 0.15) is 11.8 Å². The molecule has 2 aromatic carbocycles. The number of hydrogen-bond donors (Lipinski definition) is 4. The van der Waals surface area contributed by atoms with Crippen molar-refractivity contribution in [2.45, 2.75) is 37.8 Å². The van der Waals surface area contributed by atoms with Crippen LogP contribution in [0, 0.1) is 0 Å². The highest BCUT2D eigenvalue weighted by atomic mass is 35.5. The van der Waals surface area contributed by atoms with Crippen molar-refractivity contribution in [1.82, 2.24) is 16.0 Å². The van der Waals surface area contributed by atoms with Gasteiger partial charge in [-0.2, -0.15) is 11.8 Å². The van der Waals surface area contributed by atoms with E-state index in [1.807, 2.05) is 24.5 Å². The molecule has 0 fully saturated rings. The van der Waals surface area contributed by atoms with Gasteiger partial charge in [0.25, 0.3) is 0 Å². The monoisotopic (exact) mass is 497 g/mol. The second-order valence-corrected chi connectivity index (χ2v) is 8.42. The summed E-state index contributed by atoms with van der Waals surface area (Å²) in [6.45, 7) is 0.572. The predicted molar refractivity (Wildman–Crippen MR) is 138 cm³/mol. The van der Waals surface area contributed by atoms with E-state index in [1.54, 1.807) is 43.1 Å². The number of carbonyl (C=O) groups excluding carboxylic acids is 2. The maximum Gasteiger partial charge on any atom is 0.242 e. The summed E-state index contributed by atoms with van der Waals surface area (Å²) in [7, 11) is 1.73. The van der Waals surface area contributed by atoms with Crippen LogP contribution in [0.2, 0.25) is 0 Å². The summed E-state index contributed by atoms with van der Waals surface area (Å²) >= 11 is 1.65. The normalized spacial score (nSPS) is 11.9. The Balaban J connectivity index is 0.00000512. The summed E-state index contributed by atoms with van der Waals surface area (Å²) in [6, 6.07) is 15.9. The summed E-state index contributed by atoms with van der Waals surface area (Å²) in [5.41, 5.74) is 2.17. The van der Waals surface area contributed by atoms with Crippen LogP contribution in [0.15, 0.2) is 54.6 Å². The van der Waals surface area contributed by atoms with Gasteiger partial charge in [0.05, 0.1) is 6.04 Å². The van der Waals surface area contributed by atoms with Crippen LogP contribution in [-0.4, -0.2) is 60.1 Å². The number of nitrogens with one attached hydrogen (secondary N) is 3. The fourth-order valence-electron chi connectivity index (χ4n) is 3.24. The number of aryl methyl sites for hydroxylation is 1. The Morgan fingerprint density at radius 2 is 1.64 bits per heavy atom. The highest BCUT2D eigenvalue weighted by molar-refractivity contribution is 7.98. The van der Waals surface area contributed by atoms with Crippen molar-refractivity contribution in [3.63, 3.8) is 0 Å². The Bertz CT molecular complexity index is 809. The highest BCUT2D eigenvalue weighted by Gasteiger charge is 2.24. The zero-order chi connectivity index (χ0) is 22.5.